The maximum absolute atomic E-state index is 13.1. The first kappa shape index (κ1) is 21.8. The van der Waals surface area contributed by atoms with E-state index in [1.165, 1.54) is 36.4 Å². The SMILES string of the molecule is Cc1ccc(C(=Cc2ccc([N+](=O)[O-])cc2)C(=O)Nc2ccc(S(=O)(=O)F)cc2)cc1. The van der Waals surface area contributed by atoms with Crippen LogP contribution in [0.5, 0.6) is 0 Å². The van der Waals surface area contributed by atoms with Crippen LogP contribution in [0.3, 0.4) is 0 Å². The zero-order valence-electron chi connectivity index (χ0n) is 16.3. The number of amides is 1. The van der Waals surface area contributed by atoms with Crippen LogP contribution in [-0.4, -0.2) is 19.2 Å². The highest BCUT2D eigenvalue weighted by molar-refractivity contribution is 7.86. The average Bonchev–Trinajstić information content (AvgIpc) is 2.73. The number of aryl methyl sites for hydroxylation is 1. The maximum atomic E-state index is 13.1. The number of carbonyl (C=O) groups excluding carboxylic acids is 1. The molecule has 3 rings (SSSR count). The highest BCUT2D eigenvalue weighted by Crippen LogP contribution is 2.23. The van der Waals surface area contributed by atoms with Gasteiger partial charge in [-0.05, 0) is 60.5 Å². The summed E-state index contributed by atoms with van der Waals surface area (Å²) in [4.78, 5) is 22.8. The molecule has 0 bridgehead atoms. The van der Waals surface area contributed by atoms with Gasteiger partial charge in [-0.3, -0.25) is 14.9 Å². The molecule has 0 atom stereocenters. The van der Waals surface area contributed by atoms with E-state index in [4.69, 9.17) is 0 Å². The monoisotopic (exact) mass is 440 g/mol. The minimum absolute atomic E-state index is 0.0682. The first-order chi connectivity index (χ1) is 14.6. The predicted octanol–water partition coefficient (Wildman–Crippen LogP) is 4.74. The van der Waals surface area contributed by atoms with E-state index in [9.17, 15) is 27.2 Å². The first-order valence-electron chi connectivity index (χ1n) is 9.03. The van der Waals surface area contributed by atoms with Crippen LogP contribution in [0.25, 0.3) is 11.6 Å². The Morgan fingerprint density at radius 3 is 2.06 bits per heavy atom. The third-order valence-electron chi connectivity index (χ3n) is 4.42. The Morgan fingerprint density at radius 1 is 0.968 bits per heavy atom. The number of rotatable bonds is 6. The van der Waals surface area contributed by atoms with E-state index in [1.54, 1.807) is 18.2 Å². The van der Waals surface area contributed by atoms with Gasteiger partial charge in [0.15, 0.2) is 0 Å². The highest BCUT2D eigenvalue weighted by Gasteiger charge is 2.15. The van der Waals surface area contributed by atoms with Gasteiger partial charge >= 0.3 is 10.2 Å². The lowest BCUT2D eigenvalue weighted by atomic mass is 10.0. The maximum Gasteiger partial charge on any atom is 0.332 e. The zero-order valence-corrected chi connectivity index (χ0v) is 17.1. The van der Waals surface area contributed by atoms with Crippen LogP contribution < -0.4 is 5.32 Å². The van der Waals surface area contributed by atoms with Gasteiger partial charge in [-0.15, -0.1) is 3.89 Å². The lowest BCUT2D eigenvalue weighted by Crippen LogP contribution is -2.13. The van der Waals surface area contributed by atoms with Gasteiger partial charge < -0.3 is 5.32 Å². The summed E-state index contributed by atoms with van der Waals surface area (Å²) in [5.74, 6) is -0.488. The Bertz CT molecular complexity index is 1250. The van der Waals surface area contributed by atoms with Gasteiger partial charge in [0.25, 0.3) is 11.6 Å². The van der Waals surface area contributed by atoms with Crippen molar-refractivity contribution in [1.29, 1.82) is 0 Å². The lowest BCUT2D eigenvalue weighted by Gasteiger charge is -2.11. The second-order valence-electron chi connectivity index (χ2n) is 6.69. The molecule has 7 nitrogen and oxygen atoms in total. The van der Waals surface area contributed by atoms with E-state index in [1.807, 2.05) is 19.1 Å². The van der Waals surface area contributed by atoms with E-state index in [0.29, 0.717) is 11.1 Å². The largest absolute Gasteiger partial charge is 0.332 e. The van der Waals surface area contributed by atoms with Gasteiger partial charge in [0.2, 0.25) is 0 Å². The Balaban J connectivity index is 1.94. The van der Waals surface area contributed by atoms with Crippen LogP contribution >= 0.6 is 0 Å². The minimum atomic E-state index is -4.83. The summed E-state index contributed by atoms with van der Waals surface area (Å²) >= 11 is 0. The minimum Gasteiger partial charge on any atom is -0.322 e. The molecule has 3 aromatic rings. The highest BCUT2D eigenvalue weighted by atomic mass is 32.3. The molecule has 3 aromatic carbocycles. The molecular weight excluding hydrogens is 423 g/mol. The molecule has 1 N–H and O–H groups in total. The number of anilines is 1. The summed E-state index contributed by atoms with van der Waals surface area (Å²) in [6.45, 7) is 1.91. The second kappa shape index (κ2) is 8.88. The van der Waals surface area contributed by atoms with Gasteiger partial charge in [-0.1, -0.05) is 29.8 Å². The molecule has 0 fully saturated rings. The fourth-order valence-electron chi connectivity index (χ4n) is 2.77. The number of halogens is 1. The summed E-state index contributed by atoms with van der Waals surface area (Å²) < 4.78 is 35.0. The molecule has 0 aliphatic carbocycles. The zero-order chi connectivity index (χ0) is 22.6. The Hall–Kier alpha value is -3.85. The summed E-state index contributed by atoms with van der Waals surface area (Å²) in [6, 6.07) is 17.6. The van der Waals surface area contributed by atoms with Gasteiger partial charge in [0.1, 0.15) is 0 Å². The molecule has 0 heterocycles. The molecule has 1 amide bonds. The number of carbonyl (C=O) groups is 1. The molecule has 0 radical (unpaired) electrons. The van der Waals surface area contributed by atoms with Crippen molar-refractivity contribution in [2.24, 2.45) is 0 Å². The number of nitrogens with zero attached hydrogens (tertiary/aromatic N) is 1. The van der Waals surface area contributed by atoms with Crippen molar-refractivity contribution in [1.82, 2.24) is 0 Å². The molecule has 0 aliphatic rings. The molecule has 0 saturated heterocycles. The van der Waals surface area contributed by atoms with Crippen molar-refractivity contribution in [3.63, 3.8) is 0 Å². The summed E-state index contributed by atoms with van der Waals surface area (Å²) in [5.41, 5.74) is 2.69. The molecule has 0 aliphatic heterocycles. The van der Waals surface area contributed by atoms with E-state index >= 15 is 0 Å². The van der Waals surface area contributed by atoms with Gasteiger partial charge in [-0.2, -0.15) is 8.42 Å². The summed E-state index contributed by atoms with van der Waals surface area (Å²) in [5, 5.41) is 13.5. The van der Waals surface area contributed by atoms with Crippen molar-refractivity contribution in [2.75, 3.05) is 5.32 Å². The Kier molecular flexibility index (Phi) is 6.26. The fraction of sp³-hybridized carbons (Fsp3) is 0.0455. The molecule has 0 spiro atoms. The lowest BCUT2D eigenvalue weighted by molar-refractivity contribution is -0.384. The number of nitrogens with one attached hydrogen (secondary N) is 1. The smallest absolute Gasteiger partial charge is 0.322 e. The van der Waals surface area contributed by atoms with Crippen molar-refractivity contribution < 1.29 is 22.0 Å². The third kappa shape index (κ3) is 5.61. The van der Waals surface area contributed by atoms with Crippen LogP contribution in [0.2, 0.25) is 0 Å². The topological polar surface area (TPSA) is 106 Å². The number of hydrogen-bond acceptors (Lipinski definition) is 5. The molecule has 158 valence electrons. The Morgan fingerprint density at radius 2 is 1.55 bits per heavy atom. The molecule has 31 heavy (non-hydrogen) atoms. The number of nitro groups is 1. The van der Waals surface area contributed by atoms with Crippen LogP contribution in [0.15, 0.2) is 77.7 Å². The van der Waals surface area contributed by atoms with Crippen molar-refractivity contribution in [3.8, 4) is 0 Å². The van der Waals surface area contributed by atoms with E-state index in [0.717, 1.165) is 17.7 Å². The van der Waals surface area contributed by atoms with Crippen LogP contribution in [0, 0.1) is 17.0 Å². The van der Waals surface area contributed by atoms with Crippen molar-refractivity contribution in [3.05, 3.63) is 99.6 Å². The van der Waals surface area contributed by atoms with Crippen molar-refractivity contribution in [2.45, 2.75) is 11.8 Å². The Labute approximate surface area is 178 Å². The van der Waals surface area contributed by atoms with Gasteiger partial charge in [-0.25, -0.2) is 0 Å². The van der Waals surface area contributed by atoms with Crippen LogP contribution in [0.1, 0.15) is 16.7 Å². The standard InChI is InChI=1S/C22H17FN2O5S/c1-15-2-6-17(7-3-15)21(14-16-4-10-19(11-5-16)25(27)28)22(26)24-18-8-12-20(13-9-18)31(23,29)30/h2-14H,1H3,(H,24,26). The van der Waals surface area contributed by atoms with Gasteiger partial charge in [0.05, 0.1) is 9.82 Å². The quantitative estimate of drug-likeness (QED) is 0.196. The molecule has 0 saturated carbocycles. The third-order valence-corrected chi connectivity index (χ3v) is 5.25. The first-order valence-corrected chi connectivity index (χ1v) is 10.4. The van der Waals surface area contributed by atoms with E-state index in [2.05, 4.69) is 5.32 Å². The molecule has 9 heteroatoms. The molecular formula is C22H17FN2O5S. The predicted molar refractivity (Wildman–Crippen MR) is 116 cm³/mol. The van der Waals surface area contributed by atoms with E-state index < -0.39 is 25.9 Å². The molecule has 0 aromatic heterocycles. The van der Waals surface area contributed by atoms with Crippen LogP contribution in [-0.2, 0) is 15.0 Å². The molecule has 0 unspecified atom stereocenters. The van der Waals surface area contributed by atoms with Gasteiger partial charge in [0, 0.05) is 23.4 Å². The normalized spacial score (nSPS) is 11.7. The number of non-ortho nitro benzene ring substituents is 1. The number of nitro benzene ring substituents is 1. The second-order valence-corrected chi connectivity index (χ2v) is 8.04. The van der Waals surface area contributed by atoms with E-state index in [-0.39, 0.29) is 16.9 Å². The summed E-state index contributed by atoms with van der Waals surface area (Å²) in [6.07, 6.45) is 1.59. The van der Waals surface area contributed by atoms with Crippen LogP contribution in [0.4, 0.5) is 15.3 Å². The number of benzene rings is 3. The number of hydrogen-bond donors (Lipinski definition) is 1. The average molecular weight is 440 g/mol. The summed E-state index contributed by atoms with van der Waals surface area (Å²) in [7, 11) is -4.83. The van der Waals surface area contributed by atoms with Crippen molar-refractivity contribution >= 4 is 39.2 Å². The fourth-order valence-corrected chi connectivity index (χ4v) is 3.23.